The molecule has 0 aliphatic heterocycles. The number of hydrogen-bond acceptors (Lipinski definition) is 0. The van der Waals surface area contributed by atoms with Gasteiger partial charge < -0.3 is 0 Å². The summed E-state index contributed by atoms with van der Waals surface area (Å²) in [6, 6.07) is 5.39. The van der Waals surface area contributed by atoms with E-state index >= 15 is 0 Å². The molecule has 2 atom stereocenters. The average molecular weight is 310 g/mol. The van der Waals surface area contributed by atoms with E-state index in [1.165, 1.54) is 0 Å². The van der Waals surface area contributed by atoms with Gasteiger partial charge in [-0.15, -0.1) is 0 Å². The van der Waals surface area contributed by atoms with Crippen LogP contribution in [0.5, 0.6) is 0 Å². The van der Waals surface area contributed by atoms with Gasteiger partial charge in [0.05, 0.1) is 4.47 Å². The van der Waals surface area contributed by atoms with Crippen LogP contribution in [0.4, 0.5) is 4.39 Å². The first kappa shape index (κ1) is 11.2. The van der Waals surface area contributed by atoms with Crippen LogP contribution in [-0.2, 0) is 0 Å². The fourth-order valence-electron chi connectivity index (χ4n) is 1.12. The first-order valence-corrected chi connectivity index (χ1v) is 5.83. The zero-order chi connectivity index (χ0) is 10.0. The maximum Gasteiger partial charge on any atom is 0.140 e. The quantitative estimate of drug-likeness (QED) is 0.707. The van der Waals surface area contributed by atoms with Crippen molar-refractivity contribution in [3.8, 4) is 0 Å². The Morgan fingerprint density at radius 2 is 1.92 bits per heavy atom. The molecule has 0 aliphatic rings. The second kappa shape index (κ2) is 4.56. The van der Waals surface area contributed by atoms with E-state index in [0.29, 0.717) is 4.47 Å². The van der Waals surface area contributed by atoms with Gasteiger partial charge in [0.1, 0.15) is 5.82 Å². The van der Waals surface area contributed by atoms with Crippen LogP contribution in [0.1, 0.15) is 25.3 Å². The predicted octanol–water partition coefficient (Wildman–Crippen LogP) is 4.48. The lowest BCUT2D eigenvalue weighted by atomic mass is 9.98. The number of halogens is 3. The lowest BCUT2D eigenvalue weighted by Gasteiger charge is -2.15. The van der Waals surface area contributed by atoms with Crippen LogP contribution in [0.15, 0.2) is 22.7 Å². The first-order chi connectivity index (χ1) is 6.04. The highest BCUT2D eigenvalue weighted by molar-refractivity contribution is 9.10. The van der Waals surface area contributed by atoms with Crippen molar-refractivity contribution in [1.29, 1.82) is 0 Å². The number of hydrogen-bond donors (Lipinski definition) is 0. The van der Waals surface area contributed by atoms with Gasteiger partial charge in [-0.25, -0.2) is 4.39 Å². The summed E-state index contributed by atoms with van der Waals surface area (Å²) in [6.45, 7) is 4.02. The summed E-state index contributed by atoms with van der Waals surface area (Å²) in [6.07, 6.45) is 0. The van der Waals surface area contributed by atoms with Gasteiger partial charge in [0.25, 0.3) is 0 Å². The van der Waals surface area contributed by atoms with Crippen LogP contribution in [0.3, 0.4) is 0 Å². The Balaban J connectivity index is 3.07. The molecule has 0 bridgehead atoms. The van der Waals surface area contributed by atoms with Crippen molar-refractivity contribution < 1.29 is 4.39 Å². The zero-order valence-corrected chi connectivity index (χ0v) is 10.7. The molecular formula is C10H11Br2F. The van der Waals surface area contributed by atoms with Crippen LogP contribution in [0.2, 0.25) is 0 Å². The maximum atomic E-state index is 13.5. The molecule has 0 nitrogen and oxygen atoms in total. The third-order valence-corrected chi connectivity index (χ3v) is 3.57. The summed E-state index contributed by atoms with van der Waals surface area (Å²) in [5.74, 6) is 0.0267. The van der Waals surface area contributed by atoms with Crippen molar-refractivity contribution in [2.45, 2.75) is 24.6 Å². The third-order valence-electron chi connectivity index (χ3n) is 2.16. The SMILES string of the molecule is CC(Br)C(C)c1cccc(Br)c1F. The highest BCUT2D eigenvalue weighted by Gasteiger charge is 2.16. The topological polar surface area (TPSA) is 0 Å². The van der Waals surface area contributed by atoms with Crippen molar-refractivity contribution in [2.24, 2.45) is 0 Å². The molecule has 0 spiro atoms. The number of alkyl halides is 1. The Kier molecular flexibility index (Phi) is 3.92. The normalized spacial score (nSPS) is 15.5. The maximum absolute atomic E-state index is 13.5. The van der Waals surface area contributed by atoms with Crippen molar-refractivity contribution in [1.82, 2.24) is 0 Å². The predicted molar refractivity (Wildman–Crippen MR) is 60.9 cm³/mol. The van der Waals surface area contributed by atoms with Crippen LogP contribution >= 0.6 is 31.9 Å². The molecule has 0 aromatic heterocycles. The van der Waals surface area contributed by atoms with E-state index in [0.717, 1.165) is 5.56 Å². The molecule has 13 heavy (non-hydrogen) atoms. The van der Waals surface area contributed by atoms with E-state index < -0.39 is 0 Å². The van der Waals surface area contributed by atoms with Crippen LogP contribution in [-0.4, -0.2) is 4.83 Å². The minimum absolute atomic E-state index is 0.152. The highest BCUT2D eigenvalue weighted by Crippen LogP contribution is 2.29. The minimum atomic E-state index is -0.152. The van der Waals surface area contributed by atoms with E-state index in [1.807, 2.05) is 26.0 Å². The summed E-state index contributed by atoms with van der Waals surface area (Å²) in [5.41, 5.74) is 0.749. The molecule has 0 heterocycles. The molecule has 3 heteroatoms. The summed E-state index contributed by atoms with van der Waals surface area (Å²) in [7, 11) is 0. The number of benzene rings is 1. The second-order valence-corrected chi connectivity index (χ2v) is 5.41. The van der Waals surface area contributed by atoms with Gasteiger partial charge in [-0.2, -0.15) is 0 Å². The Morgan fingerprint density at radius 3 is 2.46 bits per heavy atom. The summed E-state index contributed by atoms with van der Waals surface area (Å²) < 4.78 is 14.1. The van der Waals surface area contributed by atoms with Gasteiger partial charge in [-0.05, 0) is 33.5 Å². The Hall–Kier alpha value is 0.110. The van der Waals surface area contributed by atoms with E-state index in [2.05, 4.69) is 31.9 Å². The fraction of sp³-hybridized carbons (Fsp3) is 0.400. The molecule has 1 rings (SSSR count). The van der Waals surface area contributed by atoms with E-state index in [4.69, 9.17) is 0 Å². The van der Waals surface area contributed by atoms with Gasteiger partial charge in [-0.1, -0.05) is 41.9 Å². The summed E-state index contributed by atoms with van der Waals surface area (Å²) in [4.78, 5) is 0.274. The van der Waals surface area contributed by atoms with E-state index in [1.54, 1.807) is 6.07 Å². The van der Waals surface area contributed by atoms with Crippen molar-refractivity contribution in [3.05, 3.63) is 34.1 Å². The van der Waals surface area contributed by atoms with Crippen molar-refractivity contribution >= 4 is 31.9 Å². The largest absolute Gasteiger partial charge is 0.205 e. The number of rotatable bonds is 2. The standard InChI is InChI=1S/C10H11Br2F/c1-6(7(2)11)8-4-3-5-9(12)10(8)13/h3-7H,1-2H3. The summed E-state index contributed by atoms with van der Waals surface area (Å²) in [5, 5.41) is 0. The Labute approximate surface area is 94.8 Å². The minimum Gasteiger partial charge on any atom is -0.205 e. The lowest BCUT2D eigenvalue weighted by molar-refractivity contribution is 0.582. The van der Waals surface area contributed by atoms with Crippen molar-refractivity contribution in [2.75, 3.05) is 0 Å². The van der Waals surface area contributed by atoms with Gasteiger partial charge in [0.2, 0.25) is 0 Å². The summed E-state index contributed by atoms with van der Waals surface area (Å²) >= 11 is 6.63. The highest BCUT2D eigenvalue weighted by atomic mass is 79.9. The molecule has 2 unspecified atom stereocenters. The lowest BCUT2D eigenvalue weighted by Crippen LogP contribution is -2.06. The monoisotopic (exact) mass is 308 g/mol. The van der Waals surface area contributed by atoms with Gasteiger partial charge >= 0.3 is 0 Å². The molecular weight excluding hydrogens is 299 g/mol. The molecule has 1 aromatic rings. The average Bonchev–Trinajstić information content (AvgIpc) is 2.08. The molecule has 0 aliphatic carbocycles. The molecule has 0 saturated heterocycles. The first-order valence-electron chi connectivity index (χ1n) is 4.12. The smallest absolute Gasteiger partial charge is 0.140 e. The Bertz CT molecular complexity index is 297. The van der Waals surface area contributed by atoms with Gasteiger partial charge in [0.15, 0.2) is 0 Å². The molecule has 0 fully saturated rings. The fourth-order valence-corrected chi connectivity index (χ4v) is 1.79. The molecule has 1 aromatic carbocycles. The van der Waals surface area contributed by atoms with E-state index in [9.17, 15) is 4.39 Å². The van der Waals surface area contributed by atoms with Crippen LogP contribution < -0.4 is 0 Å². The molecule has 72 valence electrons. The zero-order valence-electron chi connectivity index (χ0n) is 7.52. The third kappa shape index (κ3) is 2.53. The molecule has 0 saturated carbocycles. The van der Waals surface area contributed by atoms with Gasteiger partial charge in [-0.3, -0.25) is 0 Å². The van der Waals surface area contributed by atoms with Gasteiger partial charge in [0, 0.05) is 4.83 Å². The van der Waals surface area contributed by atoms with Crippen LogP contribution in [0.25, 0.3) is 0 Å². The second-order valence-electron chi connectivity index (χ2n) is 3.11. The van der Waals surface area contributed by atoms with E-state index in [-0.39, 0.29) is 16.6 Å². The molecule has 0 N–H and O–H groups in total. The Morgan fingerprint density at radius 1 is 1.31 bits per heavy atom. The molecule has 0 amide bonds. The van der Waals surface area contributed by atoms with Crippen molar-refractivity contribution in [3.63, 3.8) is 0 Å². The van der Waals surface area contributed by atoms with Crippen LogP contribution in [0, 0.1) is 5.82 Å². The molecule has 0 radical (unpaired) electrons.